The van der Waals surface area contributed by atoms with Gasteiger partial charge in [-0.05, 0) is 12.1 Å². The Hall–Kier alpha value is 0.01000. The minimum Gasteiger partial charge on any atom is -0.389 e. The van der Waals surface area contributed by atoms with E-state index in [0.717, 1.165) is 11.3 Å². The van der Waals surface area contributed by atoms with Crippen LogP contribution in [-0.4, -0.2) is 30.1 Å². The molecule has 0 amide bonds. The summed E-state index contributed by atoms with van der Waals surface area (Å²) in [5, 5.41) is 24.0. The van der Waals surface area contributed by atoms with Crippen LogP contribution in [0.3, 0.4) is 0 Å². The molecule has 2 atom stereocenters. The quantitative estimate of drug-likeness (QED) is 0.690. The van der Waals surface area contributed by atoms with Crippen LogP contribution in [0.15, 0.2) is 16.3 Å². The van der Waals surface area contributed by atoms with Crippen molar-refractivity contribution in [1.82, 2.24) is 0 Å². The summed E-state index contributed by atoms with van der Waals surface area (Å²) < 4.78 is 21.9. The fraction of sp³-hybridized carbons (Fsp3) is 0.429. The molecule has 0 aliphatic carbocycles. The van der Waals surface area contributed by atoms with Crippen LogP contribution in [0.2, 0.25) is 0 Å². The van der Waals surface area contributed by atoms with Crippen LogP contribution in [0.5, 0.6) is 0 Å². The lowest BCUT2D eigenvalue weighted by Crippen LogP contribution is -2.18. The molecule has 15 heavy (non-hydrogen) atoms. The third-order valence-electron chi connectivity index (χ3n) is 1.70. The van der Waals surface area contributed by atoms with E-state index in [0.29, 0.717) is 4.88 Å². The highest BCUT2D eigenvalue weighted by Gasteiger charge is 2.21. The number of aliphatic hydroxyl groups is 2. The number of rotatable bonds is 4. The lowest BCUT2D eigenvalue weighted by atomic mass is 10.2. The molecule has 1 aromatic heterocycles. The Morgan fingerprint density at radius 1 is 1.47 bits per heavy atom. The summed E-state index contributed by atoms with van der Waals surface area (Å²) in [7, 11) is -3.73. The Balaban J connectivity index is 2.94. The average Bonchev–Trinajstić information content (AvgIpc) is 2.63. The molecule has 86 valence electrons. The summed E-state index contributed by atoms with van der Waals surface area (Å²) in [5.41, 5.74) is 0. The van der Waals surface area contributed by atoms with E-state index in [9.17, 15) is 18.6 Å². The standard InChI is InChI=1S/C7H10BrNO4S2/c8-3-4(10)7(11)5-1-2-6(14-5)15(9,12)13/h1-2,4,7,10-11H,3H2,(H2,9,12,13). The number of halogens is 1. The van der Waals surface area contributed by atoms with Crippen LogP contribution in [-0.2, 0) is 10.0 Å². The van der Waals surface area contributed by atoms with Crippen LogP contribution in [0.1, 0.15) is 11.0 Å². The summed E-state index contributed by atoms with van der Waals surface area (Å²) >= 11 is 3.86. The van der Waals surface area contributed by atoms with Crippen molar-refractivity contribution >= 4 is 37.3 Å². The molecule has 1 aromatic rings. The molecular formula is C7H10BrNO4S2. The summed E-state index contributed by atoms with van der Waals surface area (Å²) in [6.07, 6.45) is -2.08. The maximum Gasteiger partial charge on any atom is 0.247 e. The molecule has 4 N–H and O–H groups in total. The van der Waals surface area contributed by atoms with E-state index >= 15 is 0 Å². The lowest BCUT2D eigenvalue weighted by Gasteiger charge is -2.12. The first-order valence-corrected chi connectivity index (χ1v) is 7.39. The van der Waals surface area contributed by atoms with Crippen molar-refractivity contribution in [2.75, 3.05) is 5.33 Å². The van der Waals surface area contributed by atoms with Gasteiger partial charge in [-0.3, -0.25) is 0 Å². The highest BCUT2D eigenvalue weighted by atomic mass is 79.9. The molecule has 0 saturated carbocycles. The van der Waals surface area contributed by atoms with E-state index in [-0.39, 0.29) is 9.54 Å². The van der Waals surface area contributed by atoms with Gasteiger partial charge in [0.1, 0.15) is 10.3 Å². The Morgan fingerprint density at radius 2 is 2.07 bits per heavy atom. The molecule has 0 bridgehead atoms. The van der Waals surface area contributed by atoms with E-state index < -0.39 is 22.2 Å². The van der Waals surface area contributed by atoms with Crippen molar-refractivity contribution in [3.8, 4) is 0 Å². The van der Waals surface area contributed by atoms with Gasteiger partial charge in [-0.1, -0.05) is 15.9 Å². The number of hydrogen-bond acceptors (Lipinski definition) is 5. The number of nitrogens with two attached hydrogens (primary N) is 1. The van der Waals surface area contributed by atoms with Gasteiger partial charge in [-0.15, -0.1) is 11.3 Å². The van der Waals surface area contributed by atoms with E-state index in [1.54, 1.807) is 0 Å². The van der Waals surface area contributed by atoms with E-state index in [4.69, 9.17) is 5.14 Å². The van der Waals surface area contributed by atoms with Gasteiger partial charge in [0, 0.05) is 10.2 Å². The molecule has 5 nitrogen and oxygen atoms in total. The Labute approximate surface area is 99.7 Å². The van der Waals surface area contributed by atoms with Crippen molar-refractivity contribution < 1.29 is 18.6 Å². The summed E-state index contributed by atoms with van der Waals surface area (Å²) in [4.78, 5) is 0.367. The first kappa shape index (κ1) is 13.1. The Kier molecular flexibility index (Phi) is 4.27. The van der Waals surface area contributed by atoms with Crippen molar-refractivity contribution in [3.63, 3.8) is 0 Å². The molecule has 0 fully saturated rings. The molecule has 0 spiro atoms. The maximum atomic E-state index is 10.9. The first-order chi connectivity index (χ1) is 6.86. The van der Waals surface area contributed by atoms with Gasteiger partial charge in [-0.2, -0.15) is 0 Å². The number of primary sulfonamides is 1. The van der Waals surface area contributed by atoms with Gasteiger partial charge in [-0.25, -0.2) is 13.6 Å². The average molecular weight is 316 g/mol. The largest absolute Gasteiger partial charge is 0.389 e. The highest BCUT2D eigenvalue weighted by Crippen LogP contribution is 2.28. The zero-order valence-electron chi connectivity index (χ0n) is 7.50. The van der Waals surface area contributed by atoms with Crippen LogP contribution in [0, 0.1) is 0 Å². The molecule has 1 heterocycles. The Bertz CT molecular complexity index is 430. The zero-order chi connectivity index (χ0) is 11.6. The van der Waals surface area contributed by atoms with Gasteiger partial charge in [0.15, 0.2) is 0 Å². The number of thiophene rings is 1. The predicted molar refractivity (Wildman–Crippen MR) is 60.5 cm³/mol. The van der Waals surface area contributed by atoms with Gasteiger partial charge >= 0.3 is 0 Å². The molecule has 0 aromatic carbocycles. The minimum absolute atomic E-state index is 0.0293. The van der Waals surface area contributed by atoms with Crippen LogP contribution < -0.4 is 5.14 Å². The summed E-state index contributed by atoms with van der Waals surface area (Å²) in [5.74, 6) is 0. The minimum atomic E-state index is -3.73. The number of alkyl halides is 1. The van der Waals surface area contributed by atoms with E-state index in [1.807, 2.05) is 0 Å². The van der Waals surface area contributed by atoms with E-state index in [2.05, 4.69) is 15.9 Å². The SMILES string of the molecule is NS(=O)(=O)c1ccc(C(O)C(O)CBr)s1. The van der Waals surface area contributed by atoms with Gasteiger partial charge in [0.2, 0.25) is 10.0 Å². The predicted octanol–water partition coefficient (Wildman–Crippen LogP) is 0.185. The van der Waals surface area contributed by atoms with Crippen molar-refractivity contribution in [2.24, 2.45) is 5.14 Å². The lowest BCUT2D eigenvalue weighted by molar-refractivity contribution is 0.0366. The molecule has 2 unspecified atom stereocenters. The molecule has 8 heteroatoms. The fourth-order valence-corrected chi connectivity index (χ4v) is 3.07. The second-order valence-corrected chi connectivity index (χ2v) is 6.42. The second-order valence-electron chi connectivity index (χ2n) is 2.87. The molecule has 0 aliphatic rings. The smallest absolute Gasteiger partial charge is 0.247 e. The van der Waals surface area contributed by atoms with Crippen LogP contribution in [0.25, 0.3) is 0 Å². The highest BCUT2D eigenvalue weighted by molar-refractivity contribution is 9.09. The van der Waals surface area contributed by atoms with Gasteiger partial charge < -0.3 is 10.2 Å². The van der Waals surface area contributed by atoms with Crippen molar-refractivity contribution in [3.05, 3.63) is 17.0 Å². The molecular weight excluding hydrogens is 306 g/mol. The normalized spacial score (nSPS) is 16.3. The number of aliphatic hydroxyl groups excluding tert-OH is 2. The second kappa shape index (κ2) is 4.89. The zero-order valence-corrected chi connectivity index (χ0v) is 10.7. The van der Waals surface area contributed by atoms with Gasteiger partial charge in [0.05, 0.1) is 6.10 Å². The molecule has 0 saturated heterocycles. The van der Waals surface area contributed by atoms with E-state index in [1.165, 1.54) is 12.1 Å². The molecule has 0 aliphatic heterocycles. The van der Waals surface area contributed by atoms with Crippen molar-refractivity contribution in [1.29, 1.82) is 0 Å². The number of hydrogen-bond donors (Lipinski definition) is 3. The monoisotopic (exact) mass is 315 g/mol. The third kappa shape index (κ3) is 3.23. The number of sulfonamides is 1. The summed E-state index contributed by atoms with van der Waals surface area (Å²) in [6, 6.07) is 2.74. The third-order valence-corrected chi connectivity index (χ3v) is 4.95. The topological polar surface area (TPSA) is 101 Å². The van der Waals surface area contributed by atoms with Crippen LogP contribution >= 0.6 is 27.3 Å². The summed E-state index contributed by atoms with van der Waals surface area (Å²) in [6.45, 7) is 0. The van der Waals surface area contributed by atoms with Crippen LogP contribution in [0.4, 0.5) is 0 Å². The fourth-order valence-electron chi connectivity index (χ4n) is 0.920. The van der Waals surface area contributed by atoms with Gasteiger partial charge in [0.25, 0.3) is 0 Å². The first-order valence-electron chi connectivity index (χ1n) is 3.91. The molecule has 0 radical (unpaired) electrons. The Morgan fingerprint density at radius 3 is 2.47 bits per heavy atom. The molecule has 1 rings (SSSR count). The maximum absolute atomic E-state index is 10.9. The van der Waals surface area contributed by atoms with Crippen molar-refractivity contribution in [2.45, 2.75) is 16.4 Å².